The number of carbonyl (C=O) groups is 2. The first-order chi connectivity index (χ1) is 12.0. The number of hydrogen-bond acceptors (Lipinski definition) is 3. The molecule has 0 aliphatic carbocycles. The number of benzene rings is 1. The van der Waals surface area contributed by atoms with E-state index < -0.39 is 0 Å². The summed E-state index contributed by atoms with van der Waals surface area (Å²) in [6.07, 6.45) is 5.33. The fourth-order valence-electron chi connectivity index (χ4n) is 3.17. The molecule has 1 saturated heterocycles. The lowest BCUT2D eigenvalue weighted by Crippen LogP contribution is -2.41. The number of primary amides is 1. The van der Waals surface area contributed by atoms with Crippen LogP contribution in [0.1, 0.15) is 31.7 Å². The first kappa shape index (κ1) is 19.4. The molecular formula is C20H30N3O2. The van der Waals surface area contributed by atoms with E-state index in [1.165, 1.54) is 18.4 Å². The van der Waals surface area contributed by atoms with E-state index in [-0.39, 0.29) is 17.7 Å². The summed E-state index contributed by atoms with van der Waals surface area (Å²) in [6.45, 7) is 5.67. The number of nitrogens with one attached hydrogen (secondary N) is 1. The second-order valence-electron chi connectivity index (χ2n) is 7.03. The summed E-state index contributed by atoms with van der Waals surface area (Å²) < 4.78 is 0. The molecule has 25 heavy (non-hydrogen) atoms. The van der Waals surface area contributed by atoms with Crippen LogP contribution in [0.2, 0.25) is 0 Å². The zero-order valence-electron chi connectivity index (χ0n) is 15.1. The molecule has 137 valence electrons. The maximum absolute atomic E-state index is 11.9. The minimum Gasteiger partial charge on any atom is -0.369 e. The SMILES string of the molecule is CC(C[CH]C(=O)NC[C@@H]1CCCN(CCc2ccccc2)C1)C(N)=O. The predicted molar refractivity (Wildman–Crippen MR) is 99.6 cm³/mol. The fraction of sp³-hybridized carbons (Fsp3) is 0.550. The molecule has 1 aromatic rings. The van der Waals surface area contributed by atoms with Crippen molar-refractivity contribution in [1.29, 1.82) is 0 Å². The maximum atomic E-state index is 11.9. The van der Waals surface area contributed by atoms with Crippen LogP contribution in [0.25, 0.3) is 0 Å². The summed E-state index contributed by atoms with van der Waals surface area (Å²) in [6, 6.07) is 10.6. The zero-order chi connectivity index (χ0) is 18.1. The Kier molecular flexibility index (Phi) is 7.92. The Morgan fingerprint density at radius 3 is 2.84 bits per heavy atom. The molecule has 1 radical (unpaired) electrons. The summed E-state index contributed by atoms with van der Waals surface area (Å²) in [4.78, 5) is 25.3. The maximum Gasteiger partial charge on any atom is 0.223 e. The van der Waals surface area contributed by atoms with Crippen LogP contribution in [0.4, 0.5) is 0 Å². The van der Waals surface area contributed by atoms with Crippen molar-refractivity contribution in [2.24, 2.45) is 17.6 Å². The van der Waals surface area contributed by atoms with Crippen LogP contribution in [0.5, 0.6) is 0 Å². The Morgan fingerprint density at radius 1 is 1.36 bits per heavy atom. The van der Waals surface area contributed by atoms with E-state index in [0.29, 0.717) is 18.9 Å². The number of nitrogens with two attached hydrogens (primary N) is 1. The van der Waals surface area contributed by atoms with Crippen molar-refractivity contribution in [3.05, 3.63) is 42.3 Å². The molecule has 2 rings (SSSR count). The molecule has 0 saturated carbocycles. The highest BCUT2D eigenvalue weighted by atomic mass is 16.2. The van der Waals surface area contributed by atoms with Gasteiger partial charge in [0.1, 0.15) is 0 Å². The molecule has 1 fully saturated rings. The van der Waals surface area contributed by atoms with Gasteiger partial charge in [-0.3, -0.25) is 9.59 Å². The summed E-state index contributed by atoms with van der Waals surface area (Å²) >= 11 is 0. The molecular weight excluding hydrogens is 314 g/mol. The molecule has 0 bridgehead atoms. The normalized spacial score (nSPS) is 19.3. The molecule has 2 amide bonds. The van der Waals surface area contributed by atoms with Crippen LogP contribution in [-0.2, 0) is 16.0 Å². The molecule has 5 heteroatoms. The van der Waals surface area contributed by atoms with Crippen LogP contribution in [-0.4, -0.2) is 42.9 Å². The van der Waals surface area contributed by atoms with E-state index >= 15 is 0 Å². The molecule has 1 unspecified atom stereocenters. The quantitative estimate of drug-likeness (QED) is 0.717. The first-order valence-electron chi connectivity index (χ1n) is 9.21. The van der Waals surface area contributed by atoms with Crippen molar-refractivity contribution >= 4 is 11.8 Å². The van der Waals surface area contributed by atoms with Crippen molar-refractivity contribution in [2.75, 3.05) is 26.2 Å². The van der Waals surface area contributed by atoms with Gasteiger partial charge in [-0.2, -0.15) is 0 Å². The Morgan fingerprint density at radius 2 is 2.12 bits per heavy atom. The average molecular weight is 344 g/mol. The smallest absolute Gasteiger partial charge is 0.223 e. The van der Waals surface area contributed by atoms with Gasteiger partial charge in [0.25, 0.3) is 0 Å². The molecule has 0 aromatic heterocycles. The van der Waals surface area contributed by atoms with Gasteiger partial charge in [-0.25, -0.2) is 0 Å². The third-order valence-electron chi connectivity index (χ3n) is 4.87. The number of carbonyl (C=O) groups excluding carboxylic acids is 2. The van der Waals surface area contributed by atoms with E-state index in [0.717, 1.165) is 32.5 Å². The van der Waals surface area contributed by atoms with Crippen LogP contribution < -0.4 is 11.1 Å². The number of hydrogen-bond donors (Lipinski definition) is 2. The van der Waals surface area contributed by atoms with Crippen LogP contribution in [0.15, 0.2) is 30.3 Å². The van der Waals surface area contributed by atoms with E-state index in [2.05, 4.69) is 34.5 Å². The molecule has 5 nitrogen and oxygen atoms in total. The van der Waals surface area contributed by atoms with Crippen molar-refractivity contribution in [2.45, 2.75) is 32.6 Å². The minimum absolute atomic E-state index is 0.102. The van der Waals surface area contributed by atoms with Gasteiger partial charge in [0.2, 0.25) is 11.8 Å². The summed E-state index contributed by atoms with van der Waals surface area (Å²) in [5.41, 5.74) is 6.57. The lowest BCUT2D eigenvalue weighted by Gasteiger charge is -2.32. The van der Waals surface area contributed by atoms with E-state index in [1.807, 2.05) is 6.07 Å². The minimum atomic E-state index is -0.370. The van der Waals surface area contributed by atoms with Crippen LogP contribution in [0, 0.1) is 18.3 Å². The van der Waals surface area contributed by atoms with E-state index in [9.17, 15) is 9.59 Å². The Hall–Kier alpha value is -1.88. The van der Waals surface area contributed by atoms with Gasteiger partial charge in [-0.05, 0) is 43.7 Å². The van der Waals surface area contributed by atoms with Gasteiger partial charge < -0.3 is 16.0 Å². The fourth-order valence-corrected chi connectivity index (χ4v) is 3.17. The number of amides is 2. The molecule has 1 aromatic carbocycles. The van der Waals surface area contributed by atoms with Gasteiger partial charge >= 0.3 is 0 Å². The highest BCUT2D eigenvalue weighted by molar-refractivity contribution is 5.85. The topological polar surface area (TPSA) is 75.4 Å². The molecule has 1 heterocycles. The highest BCUT2D eigenvalue weighted by Gasteiger charge is 2.20. The molecule has 1 aliphatic heterocycles. The summed E-state index contributed by atoms with van der Waals surface area (Å²) in [5, 5.41) is 2.97. The molecule has 1 aliphatic rings. The van der Waals surface area contributed by atoms with E-state index in [4.69, 9.17) is 5.73 Å². The van der Waals surface area contributed by atoms with Crippen molar-refractivity contribution in [1.82, 2.24) is 10.2 Å². The number of nitrogens with zero attached hydrogens (tertiary/aromatic N) is 1. The Labute approximate surface area is 151 Å². The highest BCUT2D eigenvalue weighted by Crippen LogP contribution is 2.16. The standard InChI is InChI=1S/C20H30N3O2/c1-16(20(21)25)9-10-19(24)22-14-18-8-5-12-23(15-18)13-11-17-6-3-2-4-7-17/h2-4,6-7,10,16,18H,5,8-9,11-15H2,1H3,(H2,21,25)(H,22,24)/t16?,18-/m0/s1. The van der Waals surface area contributed by atoms with Gasteiger partial charge in [0.05, 0.1) is 6.42 Å². The van der Waals surface area contributed by atoms with Crippen molar-refractivity contribution < 1.29 is 9.59 Å². The monoisotopic (exact) mass is 344 g/mol. The number of rotatable bonds is 9. The lowest BCUT2D eigenvalue weighted by atomic mass is 9.97. The lowest BCUT2D eigenvalue weighted by molar-refractivity contribution is -0.121. The third kappa shape index (κ3) is 7.26. The van der Waals surface area contributed by atoms with Crippen LogP contribution >= 0.6 is 0 Å². The van der Waals surface area contributed by atoms with Gasteiger partial charge in [0.15, 0.2) is 0 Å². The second kappa shape index (κ2) is 10.2. The number of likely N-dealkylation sites (tertiary alicyclic amines) is 1. The largest absolute Gasteiger partial charge is 0.369 e. The molecule has 3 N–H and O–H groups in total. The molecule has 0 spiro atoms. The van der Waals surface area contributed by atoms with Crippen LogP contribution in [0.3, 0.4) is 0 Å². The first-order valence-corrected chi connectivity index (χ1v) is 9.21. The van der Waals surface area contributed by atoms with E-state index in [1.54, 1.807) is 6.92 Å². The van der Waals surface area contributed by atoms with Crippen molar-refractivity contribution in [3.8, 4) is 0 Å². The Bertz CT molecular complexity index is 547. The average Bonchev–Trinajstić information content (AvgIpc) is 2.63. The van der Waals surface area contributed by atoms with Crippen molar-refractivity contribution in [3.63, 3.8) is 0 Å². The predicted octanol–water partition coefficient (Wildman–Crippen LogP) is 1.77. The summed E-state index contributed by atoms with van der Waals surface area (Å²) in [5.74, 6) is -0.274. The third-order valence-corrected chi connectivity index (χ3v) is 4.87. The Balaban J connectivity index is 1.65. The molecule has 2 atom stereocenters. The summed E-state index contributed by atoms with van der Waals surface area (Å²) in [7, 11) is 0. The zero-order valence-corrected chi connectivity index (χ0v) is 15.1. The van der Waals surface area contributed by atoms with Gasteiger partial charge in [0, 0.05) is 25.6 Å². The number of piperidine rings is 1. The van der Waals surface area contributed by atoms with Gasteiger partial charge in [-0.15, -0.1) is 0 Å². The second-order valence-corrected chi connectivity index (χ2v) is 7.03. The van der Waals surface area contributed by atoms with Gasteiger partial charge in [-0.1, -0.05) is 37.3 Å².